The number of nitro benzene ring substituents is 1. The molecule has 0 radical (unpaired) electrons. The van der Waals surface area contributed by atoms with E-state index < -0.39 is 51.6 Å². The largest absolute Gasteiger partial charge is 0.462 e. The monoisotopic (exact) mass is 646 g/mol. The normalized spacial score (nSPS) is 20.9. The molecule has 1 spiro atoms. The van der Waals surface area contributed by atoms with E-state index in [9.17, 15) is 38.9 Å². The highest BCUT2D eigenvalue weighted by Crippen LogP contribution is 2.55. The van der Waals surface area contributed by atoms with E-state index in [0.29, 0.717) is 21.3 Å². The SMILES string of the molecule is CC1(C)c2ccccc2N(CCC(=O)ON2C(=O)CCC2=O)C12C=Cc1cc([N+](=O)[O-])cc(CCC(=O)ON3C(=O)CCC3=O)c1O2. The summed E-state index contributed by atoms with van der Waals surface area (Å²) < 4.78 is 6.83. The molecule has 4 aliphatic heterocycles. The van der Waals surface area contributed by atoms with Gasteiger partial charge in [0, 0.05) is 61.2 Å². The number of rotatable bonds is 9. The van der Waals surface area contributed by atoms with Gasteiger partial charge in [0.15, 0.2) is 0 Å². The molecular formula is C32H30N4O11. The zero-order valence-electron chi connectivity index (χ0n) is 25.6. The van der Waals surface area contributed by atoms with Crippen LogP contribution in [0.25, 0.3) is 6.08 Å². The predicted octanol–water partition coefficient (Wildman–Crippen LogP) is 3.03. The zero-order chi connectivity index (χ0) is 33.7. The molecule has 0 aromatic heterocycles. The highest BCUT2D eigenvalue weighted by Gasteiger charge is 2.59. The lowest BCUT2D eigenvalue weighted by molar-refractivity contribution is -0.385. The minimum absolute atomic E-state index is 0.0340. The first-order chi connectivity index (χ1) is 22.3. The number of para-hydroxylation sites is 1. The van der Waals surface area contributed by atoms with Gasteiger partial charge in [-0.15, -0.1) is 10.1 Å². The number of nitro groups is 1. The first-order valence-electron chi connectivity index (χ1n) is 15.0. The van der Waals surface area contributed by atoms with Crippen LogP contribution in [0.5, 0.6) is 5.75 Å². The molecular weight excluding hydrogens is 616 g/mol. The molecule has 2 saturated heterocycles. The average Bonchev–Trinajstić information content (AvgIpc) is 3.59. The minimum Gasteiger partial charge on any atom is -0.462 e. The molecule has 2 aromatic rings. The fourth-order valence-electron chi connectivity index (χ4n) is 6.39. The number of benzene rings is 2. The van der Waals surface area contributed by atoms with Crippen molar-refractivity contribution in [1.29, 1.82) is 0 Å². The van der Waals surface area contributed by atoms with Crippen LogP contribution >= 0.6 is 0 Å². The summed E-state index contributed by atoms with van der Waals surface area (Å²) in [6, 6.07) is 10.1. The Kier molecular flexibility index (Phi) is 7.77. The summed E-state index contributed by atoms with van der Waals surface area (Å²) in [5.74, 6) is -3.84. The van der Waals surface area contributed by atoms with Crippen LogP contribution in [0.15, 0.2) is 42.5 Å². The molecule has 2 fully saturated rings. The van der Waals surface area contributed by atoms with Crippen LogP contribution in [-0.4, -0.2) is 62.9 Å². The van der Waals surface area contributed by atoms with Crippen molar-refractivity contribution in [3.63, 3.8) is 0 Å². The first kappa shape index (κ1) is 31.4. The number of carbonyl (C=O) groups is 6. The van der Waals surface area contributed by atoms with E-state index in [0.717, 1.165) is 11.3 Å². The van der Waals surface area contributed by atoms with Crippen LogP contribution in [0.4, 0.5) is 11.4 Å². The summed E-state index contributed by atoms with van der Waals surface area (Å²) in [4.78, 5) is 96.5. The maximum Gasteiger partial charge on any atom is 0.334 e. The van der Waals surface area contributed by atoms with Crippen molar-refractivity contribution >= 4 is 53.0 Å². The van der Waals surface area contributed by atoms with E-state index in [1.54, 1.807) is 12.2 Å². The van der Waals surface area contributed by atoms with Crippen molar-refractivity contribution in [1.82, 2.24) is 10.1 Å². The van der Waals surface area contributed by atoms with Crippen LogP contribution in [0.2, 0.25) is 0 Å². The third-order valence-electron chi connectivity index (χ3n) is 8.84. The van der Waals surface area contributed by atoms with Crippen LogP contribution in [0, 0.1) is 10.1 Å². The number of non-ortho nitro benzene ring substituents is 1. The standard InChI is InChI=1S/C32H30N4O11/c1-31(2)22-5-3-4-6-23(22)33(16-14-29(42)47-35-26(39)10-11-27(35)40)32(31)15-13-20-18-21(36(43)44)17-19(30(20)45-32)7-12-28(41)46-34-24(37)8-9-25(34)38/h3-6,13,15,17-18H,7-12,14,16H2,1-2H3. The van der Waals surface area contributed by atoms with Gasteiger partial charge in [0.05, 0.1) is 23.2 Å². The van der Waals surface area contributed by atoms with E-state index in [1.165, 1.54) is 12.1 Å². The molecule has 15 heteroatoms. The van der Waals surface area contributed by atoms with E-state index in [1.807, 2.05) is 43.0 Å². The van der Waals surface area contributed by atoms with Gasteiger partial charge >= 0.3 is 11.9 Å². The third-order valence-corrected chi connectivity index (χ3v) is 8.84. The summed E-state index contributed by atoms with van der Waals surface area (Å²) in [6.45, 7) is 3.95. The third kappa shape index (κ3) is 5.36. The molecule has 244 valence electrons. The number of imide groups is 2. The minimum atomic E-state index is -1.27. The highest BCUT2D eigenvalue weighted by molar-refractivity contribution is 6.02. The number of carbonyl (C=O) groups excluding carboxylic acids is 6. The lowest BCUT2D eigenvalue weighted by Crippen LogP contribution is -2.60. The van der Waals surface area contributed by atoms with Gasteiger partial charge in [-0.25, -0.2) is 9.59 Å². The smallest absolute Gasteiger partial charge is 0.334 e. The van der Waals surface area contributed by atoms with Gasteiger partial charge in [0.25, 0.3) is 29.3 Å². The number of anilines is 1. The second kappa shape index (κ2) is 11.6. The lowest BCUT2D eigenvalue weighted by atomic mass is 9.76. The molecule has 0 saturated carbocycles. The molecule has 4 heterocycles. The second-order valence-corrected chi connectivity index (χ2v) is 12.0. The summed E-state index contributed by atoms with van der Waals surface area (Å²) in [6.07, 6.45) is 2.64. The Morgan fingerprint density at radius 1 is 0.894 bits per heavy atom. The van der Waals surface area contributed by atoms with E-state index >= 15 is 0 Å². The molecule has 2 aromatic carbocycles. The van der Waals surface area contributed by atoms with Gasteiger partial charge < -0.3 is 19.3 Å². The number of nitrogens with zero attached hydrogens (tertiary/aromatic N) is 4. The quantitative estimate of drug-likeness (QED) is 0.221. The van der Waals surface area contributed by atoms with Gasteiger partial charge in [-0.2, -0.15) is 0 Å². The van der Waals surface area contributed by atoms with Gasteiger partial charge in [-0.05, 0) is 44.1 Å². The van der Waals surface area contributed by atoms with E-state index in [2.05, 4.69) is 0 Å². The molecule has 0 aliphatic carbocycles. The number of hydrogen-bond donors (Lipinski definition) is 0. The molecule has 1 unspecified atom stereocenters. The zero-order valence-corrected chi connectivity index (χ0v) is 25.6. The molecule has 47 heavy (non-hydrogen) atoms. The maximum atomic E-state index is 12.9. The maximum absolute atomic E-state index is 12.9. The highest BCUT2D eigenvalue weighted by atomic mass is 16.7. The van der Waals surface area contributed by atoms with Crippen LogP contribution in [0.1, 0.15) is 69.1 Å². The molecule has 0 bridgehead atoms. The topological polar surface area (TPSA) is 183 Å². The Labute approximate surface area is 267 Å². The number of ether oxygens (including phenoxy) is 1. The molecule has 6 rings (SSSR count). The molecule has 0 N–H and O–H groups in total. The summed E-state index contributed by atoms with van der Waals surface area (Å²) in [5, 5.41) is 12.7. The Morgan fingerprint density at radius 3 is 2.06 bits per heavy atom. The molecule has 4 amide bonds. The van der Waals surface area contributed by atoms with Gasteiger partial charge in [-0.1, -0.05) is 18.2 Å². The summed E-state index contributed by atoms with van der Waals surface area (Å²) in [7, 11) is 0. The summed E-state index contributed by atoms with van der Waals surface area (Å²) >= 11 is 0. The fraction of sp³-hybridized carbons (Fsp3) is 0.375. The van der Waals surface area contributed by atoms with Crippen molar-refractivity contribution in [3.05, 3.63) is 69.3 Å². The first-order valence-corrected chi connectivity index (χ1v) is 15.0. The molecule has 4 aliphatic rings. The number of hydrogen-bond acceptors (Lipinski definition) is 12. The van der Waals surface area contributed by atoms with Crippen molar-refractivity contribution in [2.24, 2.45) is 0 Å². The van der Waals surface area contributed by atoms with E-state index in [4.69, 9.17) is 14.4 Å². The number of amides is 4. The van der Waals surface area contributed by atoms with Gasteiger partial charge in [-0.3, -0.25) is 29.3 Å². The average molecular weight is 647 g/mol. The lowest BCUT2D eigenvalue weighted by Gasteiger charge is -2.47. The van der Waals surface area contributed by atoms with Crippen LogP contribution in [-0.2, 0) is 50.3 Å². The number of hydroxylamine groups is 4. The number of aryl methyl sites for hydroxylation is 1. The Bertz CT molecular complexity index is 1750. The molecule has 1 atom stereocenters. The number of fused-ring (bicyclic) bond motifs is 2. The fourth-order valence-corrected chi connectivity index (χ4v) is 6.39. The van der Waals surface area contributed by atoms with Crippen molar-refractivity contribution in [2.75, 3.05) is 11.4 Å². The Hall–Kier alpha value is -5.60. The Morgan fingerprint density at radius 2 is 1.47 bits per heavy atom. The molecule has 15 nitrogen and oxygen atoms in total. The van der Waals surface area contributed by atoms with Gasteiger partial charge in [0.1, 0.15) is 5.75 Å². The van der Waals surface area contributed by atoms with Crippen LogP contribution in [0.3, 0.4) is 0 Å². The van der Waals surface area contributed by atoms with Crippen molar-refractivity contribution in [3.8, 4) is 5.75 Å². The van der Waals surface area contributed by atoms with Crippen LogP contribution < -0.4 is 9.64 Å². The summed E-state index contributed by atoms with van der Waals surface area (Å²) in [5.41, 5.74) is 0.0549. The second-order valence-electron chi connectivity index (χ2n) is 12.0. The van der Waals surface area contributed by atoms with Crippen molar-refractivity contribution in [2.45, 2.75) is 69.9 Å². The van der Waals surface area contributed by atoms with E-state index in [-0.39, 0.29) is 62.9 Å². The predicted molar refractivity (Wildman–Crippen MR) is 160 cm³/mol. The Balaban J connectivity index is 1.30. The van der Waals surface area contributed by atoms with Gasteiger partial charge in [0.2, 0.25) is 5.72 Å². The van der Waals surface area contributed by atoms with Crippen molar-refractivity contribution < 1.29 is 48.1 Å².